The Kier molecular flexibility index (Phi) is 13.8. The largest absolute Gasteiger partial charge is 0.508 e. The zero-order valence-electron chi connectivity index (χ0n) is 18.1. The van der Waals surface area contributed by atoms with Gasteiger partial charge in [-0.05, 0) is 18.4 Å². The normalized spacial score (nSPS) is 10.5. The Morgan fingerprint density at radius 3 is 1.80 bits per heavy atom. The predicted molar refractivity (Wildman–Crippen MR) is 112 cm³/mol. The van der Waals surface area contributed by atoms with Crippen LogP contribution in [0.25, 0.3) is 0 Å². The summed E-state index contributed by atoms with van der Waals surface area (Å²) in [7, 11) is 0. The number of hydrogen-bond acceptors (Lipinski definition) is 7. The van der Waals surface area contributed by atoms with Crippen LogP contribution in [0, 0.1) is 0 Å². The lowest BCUT2D eigenvalue weighted by atomic mass is 10.2. The highest BCUT2D eigenvalue weighted by Gasteiger charge is 2.24. The summed E-state index contributed by atoms with van der Waals surface area (Å²) in [4.78, 5) is 36.1. The first-order valence-corrected chi connectivity index (χ1v) is 10.7. The van der Waals surface area contributed by atoms with Crippen molar-refractivity contribution < 1.29 is 33.3 Å². The van der Waals surface area contributed by atoms with E-state index in [0.717, 1.165) is 44.1 Å². The maximum atomic E-state index is 12.1. The van der Waals surface area contributed by atoms with Crippen molar-refractivity contribution in [1.82, 2.24) is 0 Å². The second kappa shape index (κ2) is 16.3. The lowest BCUT2D eigenvalue weighted by Gasteiger charge is -2.17. The van der Waals surface area contributed by atoms with Gasteiger partial charge >= 0.3 is 18.1 Å². The number of hydrogen-bond donors (Lipinski definition) is 0. The maximum Gasteiger partial charge on any atom is 0.508 e. The molecule has 0 radical (unpaired) electrons. The van der Waals surface area contributed by atoms with Crippen molar-refractivity contribution in [2.45, 2.75) is 77.9 Å². The number of rotatable bonds is 15. The molecule has 0 fully saturated rings. The van der Waals surface area contributed by atoms with Crippen molar-refractivity contribution in [2.75, 3.05) is 13.2 Å². The average Bonchev–Trinajstić information content (AvgIpc) is 2.73. The standard InChI is InChI=1S/C23H34O7/c1-3-5-10-14-27-21(24)16-20(17-22(25)28-15-11-6-4-2)30-23(26)29-18-19-12-8-7-9-13-19/h7-9,12-13,20H,3-6,10-11,14-18H2,1-2H3. The van der Waals surface area contributed by atoms with Crippen molar-refractivity contribution in [1.29, 1.82) is 0 Å². The third kappa shape index (κ3) is 12.8. The Morgan fingerprint density at radius 2 is 1.30 bits per heavy atom. The van der Waals surface area contributed by atoms with Crippen LogP contribution < -0.4 is 0 Å². The van der Waals surface area contributed by atoms with Crippen LogP contribution in [0.3, 0.4) is 0 Å². The molecular formula is C23H34O7. The number of carbonyl (C=O) groups excluding carboxylic acids is 3. The zero-order valence-corrected chi connectivity index (χ0v) is 18.1. The minimum Gasteiger partial charge on any atom is -0.466 e. The van der Waals surface area contributed by atoms with Gasteiger partial charge < -0.3 is 18.9 Å². The van der Waals surface area contributed by atoms with Gasteiger partial charge in [0.15, 0.2) is 0 Å². The van der Waals surface area contributed by atoms with Crippen molar-refractivity contribution in [3.63, 3.8) is 0 Å². The van der Waals surface area contributed by atoms with E-state index in [1.807, 2.05) is 30.3 Å². The van der Waals surface area contributed by atoms with E-state index in [2.05, 4.69) is 13.8 Å². The van der Waals surface area contributed by atoms with E-state index < -0.39 is 24.2 Å². The average molecular weight is 423 g/mol. The fourth-order valence-electron chi connectivity index (χ4n) is 2.61. The van der Waals surface area contributed by atoms with Crippen LogP contribution in [0.15, 0.2) is 30.3 Å². The molecule has 30 heavy (non-hydrogen) atoms. The quantitative estimate of drug-likeness (QED) is 0.224. The second-order valence-corrected chi connectivity index (χ2v) is 7.03. The molecule has 0 bridgehead atoms. The summed E-state index contributed by atoms with van der Waals surface area (Å²) in [5.41, 5.74) is 0.802. The van der Waals surface area contributed by atoms with Crippen LogP contribution in [-0.4, -0.2) is 37.4 Å². The fraction of sp³-hybridized carbons (Fsp3) is 0.609. The molecule has 1 rings (SSSR count). The highest BCUT2D eigenvalue weighted by atomic mass is 16.7. The molecule has 0 amide bonds. The van der Waals surface area contributed by atoms with Gasteiger partial charge in [0.05, 0.1) is 26.1 Å². The van der Waals surface area contributed by atoms with Crippen LogP contribution in [-0.2, 0) is 35.1 Å². The zero-order chi connectivity index (χ0) is 22.0. The van der Waals surface area contributed by atoms with E-state index >= 15 is 0 Å². The Hall–Kier alpha value is -2.57. The van der Waals surface area contributed by atoms with Gasteiger partial charge in [-0.1, -0.05) is 69.9 Å². The highest BCUT2D eigenvalue weighted by molar-refractivity contribution is 5.74. The molecule has 168 valence electrons. The molecule has 0 atom stereocenters. The molecule has 0 N–H and O–H groups in total. The molecule has 0 heterocycles. The van der Waals surface area contributed by atoms with Gasteiger partial charge in [-0.25, -0.2) is 4.79 Å². The third-order valence-corrected chi connectivity index (χ3v) is 4.27. The van der Waals surface area contributed by atoms with Crippen LogP contribution in [0.5, 0.6) is 0 Å². The van der Waals surface area contributed by atoms with E-state index in [0.29, 0.717) is 13.2 Å². The molecule has 0 saturated carbocycles. The van der Waals surface area contributed by atoms with E-state index in [1.165, 1.54) is 0 Å². The van der Waals surface area contributed by atoms with Gasteiger partial charge in [-0.15, -0.1) is 0 Å². The molecule has 7 nitrogen and oxygen atoms in total. The topological polar surface area (TPSA) is 88.1 Å². The van der Waals surface area contributed by atoms with Gasteiger partial charge in [0.25, 0.3) is 0 Å². The molecule has 0 saturated heterocycles. The Bertz CT molecular complexity index is 589. The predicted octanol–water partition coefficient (Wildman–Crippen LogP) is 4.96. The van der Waals surface area contributed by atoms with Crippen LogP contribution in [0.4, 0.5) is 4.79 Å². The van der Waals surface area contributed by atoms with Crippen molar-refractivity contribution >= 4 is 18.1 Å². The smallest absolute Gasteiger partial charge is 0.466 e. The first-order valence-electron chi connectivity index (χ1n) is 10.7. The summed E-state index contributed by atoms with van der Waals surface area (Å²) in [6.45, 7) is 4.76. The van der Waals surface area contributed by atoms with Crippen LogP contribution >= 0.6 is 0 Å². The number of carbonyl (C=O) groups is 3. The second-order valence-electron chi connectivity index (χ2n) is 7.03. The summed E-state index contributed by atoms with van der Waals surface area (Å²) in [5, 5.41) is 0. The Morgan fingerprint density at radius 1 is 0.767 bits per heavy atom. The monoisotopic (exact) mass is 422 g/mol. The molecule has 0 aliphatic rings. The maximum absolute atomic E-state index is 12.1. The Labute approximate surface area is 179 Å². The van der Waals surface area contributed by atoms with Gasteiger partial charge in [0, 0.05) is 0 Å². The van der Waals surface area contributed by atoms with Crippen LogP contribution in [0.1, 0.15) is 70.8 Å². The number of ether oxygens (including phenoxy) is 4. The minimum absolute atomic E-state index is 0.0370. The summed E-state index contributed by atoms with van der Waals surface area (Å²) in [6.07, 6.45) is 3.10. The fourth-order valence-corrected chi connectivity index (χ4v) is 2.61. The van der Waals surface area contributed by atoms with E-state index in [1.54, 1.807) is 0 Å². The lowest BCUT2D eigenvalue weighted by Crippen LogP contribution is -2.27. The third-order valence-electron chi connectivity index (χ3n) is 4.27. The molecule has 1 aromatic carbocycles. The van der Waals surface area contributed by atoms with Crippen molar-refractivity contribution in [3.05, 3.63) is 35.9 Å². The van der Waals surface area contributed by atoms with Crippen molar-refractivity contribution in [3.8, 4) is 0 Å². The first kappa shape index (κ1) is 25.5. The van der Waals surface area contributed by atoms with Gasteiger partial charge in [0.1, 0.15) is 12.7 Å². The molecule has 1 aromatic rings. The van der Waals surface area contributed by atoms with Gasteiger partial charge in [-0.3, -0.25) is 9.59 Å². The lowest BCUT2D eigenvalue weighted by molar-refractivity contribution is -0.150. The van der Waals surface area contributed by atoms with E-state index in [4.69, 9.17) is 18.9 Å². The molecule has 0 spiro atoms. The molecular weight excluding hydrogens is 388 g/mol. The first-order chi connectivity index (χ1) is 14.5. The van der Waals surface area contributed by atoms with Crippen LogP contribution in [0.2, 0.25) is 0 Å². The molecule has 7 heteroatoms. The van der Waals surface area contributed by atoms with Crippen molar-refractivity contribution in [2.24, 2.45) is 0 Å². The summed E-state index contributed by atoms with van der Waals surface area (Å²) < 4.78 is 20.6. The number of esters is 2. The van der Waals surface area contributed by atoms with Gasteiger partial charge in [0.2, 0.25) is 0 Å². The molecule has 0 aromatic heterocycles. The summed E-state index contributed by atoms with van der Waals surface area (Å²) in [5.74, 6) is -1.04. The molecule has 0 unspecified atom stereocenters. The summed E-state index contributed by atoms with van der Waals surface area (Å²) in [6, 6.07) is 9.14. The van der Waals surface area contributed by atoms with E-state index in [-0.39, 0.29) is 19.4 Å². The number of unbranched alkanes of at least 4 members (excludes halogenated alkanes) is 4. The Balaban J connectivity index is 2.51. The van der Waals surface area contributed by atoms with Gasteiger partial charge in [-0.2, -0.15) is 0 Å². The molecule has 0 aliphatic carbocycles. The highest BCUT2D eigenvalue weighted by Crippen LogP contribution is 2.11. The summed E-state index contributed by atoms with van der Waals surface area (Å²) >= 11 is 0. The number of benzene rings is 1. The SMILES string of the molecule is CCCCCOC(=O)CC(CC(=O)OCCCCC)OC(=O)OCc1ccccc1. The molecule has 0 aliphatic heterocycles. The van der Waals surface area contributed by atoms with E-state index in [9.17, 15) is 14.4 Å². The minimum atomic E-state index is -0.995.